The summed E-state index contributed by atoms with van der Waals surface area (Å²) in [4.78, 5) is 5.16. The molecule has 5 aliphatic carbocycles. The van der Waals surface area contributed by atoms with Gasteiger partial charge in [0.15, 0.2) is 0 Å². The summed E-state index contributed by atoms with van der Waals surface area (Å²) in [6, 6.07) is 52.4. The zero-order chi connectivity index (χ0) is 42.0. The molecule has 2 bridgehead atoms. The number of allylic oxidation sites excluding steroid dienone is 22. The van der Waals surface area contributed by atoms with Gasteiger partial charge in [0.25, 0.3) is 0 Å². The summed E-state index contributed by atoms with van der Waals surface area (Å²) in [6.45, 7) is 0. The molecule has 0 heterocycles. The minimum Gasteiger partial charge on any atom is -0.354 e. The van der Waals surface area contributed by atoms with Gasteiger partial charge in [-0.2, -0.15) is 0 Å². The average molecular weight is 807 g/mol. The standard InChI is InChI=1S/C61H46N2/c1-3-22-52(23-4-1)61(53-24-12-9-18-45(38-53)42-62-59-28-13-14-29-60(59)63-54-25-5-2-6-26-54)57-40-48(49-31-30-43-16-7-8-17-44(36-43)37-49)21-15-27-55(57)56-35-34-51(41-58(56)61)50-33-32-46-19-10-11-20-47(46)39-50/h1-11,13-20,22-35,37-42,63H,12,21,36H2. The number of nitrogens with zero attached hydrogens (tertiary/aromatic N) is 1. The molecule has 2 heteroatoms. The van der Waals surface area contributed by atoms with Crippen LogP contribution in [0.2, 0.25) is 0 Å². The molecule has 0 amide bonds. The Kier molecular flexibility index (Phi) is 10.0. The maximum Gasteiger partial charge on any atom is 0.0864 e. The molecule has 0 saturated heterocycles. The van der Waals surface area contributed by atoms with Crippen molar-refractivity contribution >= 4 is 39.6 Å². The summed E-state index contributed by atoms with van der Waals surface area (Å²) in [7, 11) is 0. The van der Waals surface area contributed by atoms with Crippen molar-refractivity contribution in [3.8, 4) is 11.1 Å². The van der Waals surface area contributed by atoms with Crippen LogP contribution >= 0.6 is 0 Å². The number of hydrogen-bond acceptors (Lipinski definition) is 2. The van der Waals surface area contributed by atoms with Gasteiger partial charge in [0.2, 0.25) is 0 Å². The Morgan fingerprint density at radius 2 is 1.37 bits per heavy atom. The highest BCUT2D eigenvalue weighted by Crippen LogP contribution is 2.58. The molecule has 0 saturated carbocycles. The van der Waals surface area contributed by atoms with Crippen LogP contribution in [-0.4, -0.2) is 6.21 Å². The van der Waals surface area contributed by atoms with Gasteiger partial charge in [0.05, 0.1) is 16.8 Å². The highest BCUT2D eigenvalue weighted by atomic mass is 14.9. The van der Waals surface area contributed by atoms with Crippen molar-refractivity contribution in [2.45, 2.75) is 24.7 Å². The van der Waals surface area contributed by atoms with Crippen LogP contribution < -0.4 is 5.32 Å². The van der Waals surface area contributed by atoms with Crippen LogP contribution in [0.25, 0.3) is 27.5 Å². The molecule has 2 nitrogen and oxygen atoms in total. The van der Waals surface area contributed by atoms with Gasteiger partial charge in [-0.15, -0.1) is 0 Å². The van der Waals surface area contributed by atoms with E-state index in [1.54, 1.807) is 0 Å². The largest absolute Gasteiger partial charge is 0.354 e. The third-order valence-electron chi connectivity index (χ3n) is 12.8. The Morgan fingerprint density at radius 3 is 2.25 bits per heavy atom. The molecule has 0 spiro atoms. The van der Waals surface area contributed by atoms with E-state index in [9.17, 15) is 0 Å². The van der Waals surface area contributed by atoms with E-state index in [4.69, 9.17) is 4.99 Å². The fraction of sp³-hybridized carbons (Fsp3) is 0.0656. The summed E-state index contributed by atoms with van der Waals surface area (Å²) in [5.41, 5.74) is 18.5. The summed E-state index contributed by atoms with van der Waals surface area (Å²) in [5.74, 6) is 0. The second-order valence-corrected chi connectivity index (χ2v) is 16.7. The molecule has 1 unspecified atom stereocenters. The normalized spacial score (nSPS) is 18.9. The van der Waals surface area contributed by atoms with E-state index in [0.29, 0.717) is 0 Å². The number of anilines is 2. The summed E-state index contributed by atoms with van der Waals surface area (Å²) in [5, 5.41) is 6.07. The summed E-state index contributed by atoms with van der Waals surface area (Å²) < 4.78 is 0. The van der Waals surface area contributed by atoms with Crippen LogP contribution in [0.15, 0.2) is 275 Å². The first-order chi connectivity index (χ1) is 31.2. The van der Waals surface area contributed by atoms with E-state index < -0.39 is 5.41 Å². The van der Waals surface area contributed by atoms with Gasteiger partial charge in [-0.1, -0.05) is 188 Å². The number of para-hydroxylation sites is 3. The van der Waals surface area contributed by atoms with Crippen LogP contribution in [0, 0.1) is 0 Å². The predicted octanol–water partition coefficient (Wildman–Crippen LogP) is 15.7. The van der Waals surface area contributed by atoms with E-state index in [-0.39, 0.29) is 0 Å². The molecule has 0 fully saturated rings. The maximum atomic E-state index is 5.16. The van der Waals surface area contributed by atoms with E-state index in [2.05, 4.69) is 212 Å². The van der Waals surface area contributed by atoms with Gasteiger partial charge in [0, 0.05) is 11.9 Å². The molecule has 1 atom stereocenters. The number of hydrogen-bond donors (Lipinski definition) is 1. The number of rotatable bonds is 8. The fourth-order valence-electron chi connectivity index (χ4n) is 9.82. The van der Waals surface area contributed by atoms with Crippen LogP contribution in [-0.2, 0) is 5.41 Å². The first kappa shape index (κ1) is 38.1. The molecular formula is C61H46N2. The predicted molar refractivity (Wildman–Crippen MR) is 267 cm³/mol. The Balaban J connectivity index is 1.11. The van der Waals surface area contributed by atoms with Crippen molar-refractivity contribution in [3.05, 3.63) is 286 Å². The molecule has 11 rings (SSSR count). The summed E-state index contributed by atoms with van der Waals surface area (Å²) >= 11 is 0. The Morgan fingerprint density at radius 1 is 0.603 bits per heavy atom. The van der Waals surface area contributed by atoms with Gasteiger partial charge >= 0.3 is 0 Å². The van der Waals surface area contributed by atoms with E-state index in [1.165, 1.54) is 77.6 Å². The van der Waals surface area contributed by atoms with Crippen LogP contribution in [0.4, 0.5) is 17.1 Å². The third-order valence-corrected chi connectivity index (χ3v) is 12.8. The Hall–Kier alpha value is -7.81. The number of benzene rings is 6. The quantitative estimate of drug-likeness (QED) is 0.152. The Labute approximate surface area is 370 Å². The highest BCUT2D eigenvalue weighted by Gasteiger charge is 2.48. The van der Waals surface area contributed by atoms with Crippen molar-refractivity contribution < 1.29 is 0 Å². The number of aliphatic imine (C=N–C) groups is 1. The fourth-order valence-corrected chi connectivity index (χ4v) is 9.82. The zero-order valence-corrected chi connectivity index (χ0v) is 35.1. The lowest BCUT2D eigenvalue weighted by Gasteiger charge is -2.36. The molecule has 0 aromatic heterocycles. The maximum absolute atomic E-state index is 5.16. The van der Waals surface area contributed by atoms with Crippen LogP contribution in [0.3, 0.4) is 0 Å². The van der Waals surface area contributed by atoms with Crippen molar-refractivity contribution in [2.75, 3.05) is 5.32 Å². The molecule has 0 aliphatic heterocycles. The van der Waals surface area contributed by atoms with Crippen molar-refractivity contribution in [3.63, 3.8) is 0 Å². The molecule has 63 heavy (non-hydrogen) atoms. The molecule has 6 aromatic rings. The topological polar surface area (TPSA) is 24.4 Å². The van der Waals surface area contributed by atoms with Gasteiger partial charge in [-0.05, 0) is 145 Å². The smallest absolute Gasteiger partial charge is 0.0864 e. The zero-order valence-electron chi connectivity index (χ0n) is 35.1. The minimum absolute atomic E-state index is 0.635. The second-order valence-electron chi connectivity index (χ2n) is 16.7. The lowest BCUT2D eigenvalue weighted by Crippen LogP contribution is -2.30. The van der Waals surface area contributed by atoms with Crippen LogP contribution in [0.5, 0.6) is 0 Å². The SMILES string of the molecule is C1=CC=C2C=C(C3=CC4=C(C=CC3)c3ccc(-c5ccc6ccccc6c5)cc3C4(C3=CCC=CC(C=Nc4ccccc4Nc4ccccc4)=C3)c3ccccc3)C=CC(=C1)C2. The van der Waals surface area contributed by atoms with Gasteiger partial charge in [-0.25, -0.2) is 0 Å². The monoisotopic (exact) mass is 806 g/mol. The van der Waals surface area contributed by atoms with Crippen molar-refractivity contribution in [1.82, 2.24) is 0 Å². The molecule has 0 radical (unpaired) electrons. The first-order valence-electron chi connectivity index (χ1n) is 22.0. The molecular weight excluding hydrogens is 761 g/mol. The lowest BCUT2D eigenvalue weighted by atomic mass is 9.65. The van der Waals surface area contributed by atoms with Crippen molar-refractivity contribution in [2.24, 2.45) is 4.99 Å². The first-order valence-corrected chi connectivity index (χ1v) is 22.0. The van der Waals surface area contributed by atoms with E-state index in [1.807, 2.05) is 30.5 Å². The Bertz CT molecular complexity index is 3190. The lowest BCUT2D eigenvalue weighted by molar-refractivity contribution is 0.755. The highest BCUT2D eigenvalue weighted by molar-refractivity contribution is 5.96. The molecule has 300 valence electrons. The van der Waals surface area contributed by atoms with Crippen molar-refractivity contribution in [1.29, 1.82) is 0 Å². The third kappa shape index (κ3) is 7.30. The number of fused-ring (bicyclic) bond motifs is 5. The van der Waals surface area contributed by atoms with Gasteiger partial charge < -0.3 is 5.32 Å². The second kappa shape index (κ2) is 16.6. The molecule has 6 aromatic carbocycles. The van der Waals surface area contributed by atoms with E-state index in [0.717, 1.165) is 41.9 Å². The number of nitrogens with one attached hydrogen (secondary N) is 1. The van der Waals surface area contributed by atoms with Gasteiger partial charge in [-0.3, -0.25) is 4.99 Å². The molecule has 1 N–H and O–H groups in total. The summed E-state index contributed by atoms with van der Waals surface area (Å²) in [6.07, 6.45) is 37.1. The van der Waals surface area contributed by atoms with E-state index >= 15 is 0 Å². The molecule has 5 aliphatic rings. The average Bonchev–Trinajstić information content (AvgIpc) is 3.78. The minimum atomic E-state index is -0.635. The van der Waals surface area contributed by atoms with Crippen LogP contribution in [0.1, 0.15) is 36.0 Å². The van der Waals surface area contributed by atoms with Gasteiger partial charge in [0.1, 0.15) is 0 Å².